The van der Waals surface area contributed by atoms with Crippen molar-refractivity contribution in [2.24, 2.45) is 0 Å². The van der Waals surface area contributed by atoms with E-state index in [0.717, 1.165) is 4.31 Å². The predicted octanol–water partition coefficient (Wildman–Crippen LogP) is 0.338. The van der Waals surface area contributed by atoms with E-state index < -0.39 is 10.0 Å². The molecule has 1 aromatic carbocycles. The van der Waals surface area contributed by atoms with Gasteiger partial charge >= 0.3 is 0 Å². The van der Waals surface area contributed by atoms with Crippen LogP contribution in [0, 0.1) is 0 Å². The third-order valence-electron chi connectivity index (χ3n) is 2.89. The molecule has 0 aliphatic rings. The first-order chi connectivity index (χ1) is 8.86. The maximum atomic E-state index is 12.2. The lowest BCUT2D eigenvalue weighted by molar-refractivity contribution is 0.302. The summed E-state index contributed by atoms with van der Waals surface area (Å²) in [4.78, 5) is 1.93. The van der Waals surface area contributed by atoms with Crippen molar-refractivity contribution in [3.8, 4) is 0 Å². The first kappa shape index (κ1) is 15.7. The highest BCUT2D eigenvalue weighted by Gasteiger charge is 2.22. The number of aliphatic hydroxyl groups is 1. The Balaban J connectivity index is 3.33. The molecular weight excluding hydrogens is 266 g/mol. The standard InChI is InChI=1S/C12H21N3O3S/c1-4-15(8-9-16)10-6-5-7-11(12(10)13)19(17,18)14(2)3/h5-7,16H,4,8-9,13H2,1-3H3. The molecule has 0 heterocycles. The van der Waals surface area contributed by atoms with Crippen molar-refractivity contribution in [2.75, 3.05) is 44.4 Å². The van der Waals surface area contributed by atoms with Crippen LogP contribution in [0.15, 0.2) is 23.1 Å². The third kappa shape index (κ3) is 3.17. The van der Waals surface area contributed by atoms with E-state index in [1.165, 1.54) is 20.2 Å². The lowest BCUT2D eigenvalue weighted by Crippen LogP contribution is -2.28. The first-order valence-corrected chi connectivity index (χ1v) is 7.47. The van der Waals surface area contributed by atoms with Crippen LogP contribution in [-0.2, 0) is 10.0 Å². The molecule has 0 aromatic heterocycles. The number of nitrogens with two attached hydrogens (primary N) is 1. The Morgan fingerprint density at radius 3 is 2.42 bits per heavy atom. The summed E-state index contributed by atoms with van der Waals surface area (Å²) in [5.74, 6) is 0. The smallest absolute Gasteiger partial charge is 0.244 e. The van der Waals surface area contributed by atoms with Gasteiger partial charge in [-0.15, -0.1) is 0 Å². The molecule has 0 aliphatic carbocycles. The lowest BCUT2D eigenvalue weighted by Gasteiger charge is -2.25. The topological polar surface area (TPSA) is 86.9 Å². The van der Waals surface area contributed by atoms with Gasteiger partial charge in [-0.3, -0.25) is 0 Å². The van der Waals surface area contributed by atoms with Gasteiger partial charge in [0.2, 0.25) is 10.0 Å². The van der Waals surface area contributed by atoms with Gasteiger partial charge in [-0.1, -0.05) is 6.07 Å². The summed E-state index contributed by atoms with van der Waals surface area (Å²) < 4.78 is 25.4. The summed E-state index contributed by atoms with van der Waals surface area (Å²) >= 11 is 0. The summed E-state index contributed by atoms with van der Waals surface area (Å²) in [7, 11) is -0.638. The van der Waals surface area contributed by atoms with Crippen molar-refractivity contribution in [2.45, 2.75) is 11.8 Å². The molecule has 0 spiro atoms. The summed E-state index contributed by atoms with van der Waals surface area (Å²) in [6, 6.07) is 4.90. The number of para-hydroxylation sites is 1. The average Bonchev–Trinajstić information content (AvgIpc) is 2.36. The SMILES string of the molecule is CCN(CCO)c1cccc(S(=O)(=O)N(C)C)c1N. The van der Waals surface area contributed by atoms with Crippen LogP contribution < -0.4 is 10.6 Å². The zero-order valence-electron chi connectivity index (χ0n) is 11.5. The van der Waals surface area contributed by atoms with Crippen LogP contribution in [0.1, 0.15) is 6.92 Å². The van der Waals surface area contributed by atoms with Gasteiger partial charge in [-0.05, 0) is 19.1 Å². The normalized spacial score (nSPS) is 11.8. The minimum absolute atomic E-state index is 0.0159. The van der Waals surface area contributed by atoms with Crippen molar-refractivity contribution in [3.63, 3.8) is 0 Å². The molecular formula is C12H21N3O3S. The zero-order chi connectivity index (χ0) is 14.6. The number of nitrogens with zero attached hydrogens (tertiary/aromatic N) is 2. The Labute approximate surface area is 114 Å². The lowest BCUT2D eigenvalue weighted by atomic mass is 10.2. The number of rotatable bonds is 6. The molecule has 0 saturated carbocycles. The van der Waals surface area contributed by atoms with Crippen LogP contribution >= 0.6 is 0 Å². The van der Waals surface area contributed by atoms with Crippen molar-refractivity contribution in [3.05, 3.63) is 18.2 Å². The fourth-order valence-corrected chi connectivity index (χ4v) is 2.83. The Bertz CT molecular complexity index is 529. The van der Waals surface area contributed by atoms with E-state index in [4.69, 9.17) is 10.8 Å². The second kappa shape index (κ2) is 6.23. The molecule has 108 valence electrons. The molecule has 1 rings (SSSR count). The highest BCUT2D eigenvalue weighted by Crippen LogP contribution is 2.30. The van der Waals surface area contributed by atoms with Crippen LogP contribution in [0.25, 0.3) is 0 Å². The van der Waals surface area contributed by atoms with E-state index in [0.29, 0.717) is 18.8 Å². The highest BCUT2D eigenvalue weighted by atomic mass is 32.2. The fraction of sp³-hybridized carbons (Fsp3) is 0.500. The van der Waals surface area contributed by atoms with Crippen molar-refractivity contribution >= 4 is 21.4 Å². The van der Waals surface area contributed by atoms with Crippen molar-refractivity contribution < 1.29 is 13.5 Å². The molecule has 0 fully saturated rings. The zero-order valence-corrected chi connectivity index (χ0v) is 12.3. The highest BCUT2D eigenvalue weighted by molar-refractivity contribution is 7.89. The third-order valence-corrected chi connectivity index (χ3v) is 4.77. The molecule has 6 nitrogen and oxygen atoms in total. The van der Waals surface area contributed by atoms with Gasteiger partial charge in [-0.25, -0.2) is 12.7 Å². The number of hydrogen-bond acceptors (Lipinski definition) is 5. The molecule has 19 heavy (non-hydrogen) atoms. The quantitative estimate of drug-likeness (QED) is 0.737. The number of hydrogen-bond donors (Lipinski definition) is 2. The predicted molar refractivity (Wildman–Crippen MR) is 76.7 cm³/mol. The Hall–Kier alpha value is -1.31. The van der Waals surface area contributed by atoms with Gasteiger partial charge in [0.1, 0.15) is 4.90 Å². The molecule has 0 bridgehead atoms. The molecule has 3 N–H and O–H groups in total. The summed E-state index contributed by atoms with van der Waals surface area (Å²) in [6.07, 6.45) is 0. The van der Waals surface area contributed by atoms with Crippen molar-refractivity contribution in [1.29, 1.82) is 0 Å². The van der Waals surface area contributed by atoms with Gasteiger partial charge in [0, 0.05) is 27.2 Å². The van der Waals surface area contributed by atoms with E-state index in [1.807, 2.05) is 11.8 Å². The van der Waals surface area contributed by atoms with Crippen LogP contribution in [-0.4, -0.2) is 51.6 Å². The molecule has 7 heteroatoms. The monoisotopic (exact) mass is 287 g/mol. The number of sulfonamides is 1. The second-order valence-electron chi connectivity index (χ2n) is 4.28. The minimum Gasteiger partial charge on any atom is -0.396 e. The number of aliphatic hydroxyl groups excluding tert-OH is 1. The number of anilines is 2. The minimum atomic E-state index is -3.57. The molecule has 0 aliphatic heterocycles. The average molecular weight is 287 g/mol. The summed E-state index contributed by atoms with van der Waals surface area (Å²) in [5, 5.41) is 9.03. The van der Waals surface area contributed by atoms with Gasteiger partial charge in [0.25, 0.3) is 0 Å². The molecule has 1 aromatic rings. The molecule has 0 radical (unpaired) electrons. The van der Waals surface area contributed by atoms with E-state index in [9.17, 15) is 8.42 Å². The molecule has 0 amide bonds. The van der Waals surface area contributed by atoms with Gasteiger partial charge in [-0.2, -0.15) is 0 Å². The molecule has 0 saturated heterocycles. The van der Waals surface area contributed by atoms with E-state index in [1.54, 1.807) is 12.1 Å². The molecule has 0 atom stereocenters. The van der Waals surface area contributed by atoms with Gasteiger partial charge in [0.05, 0.1) is 18.0 Å². The van der Waals surface area contributed by atoms with Gasteiger partial charge in [0.15, 0.2) is 0 Å². The fourth-order valence-electron chi connectivity index (χ4n) is 1.80. The van der Waals surface area contributed by atoms with Crippen LogP contribution in [0.5, 0.6) is 0 Å². The Kier molecular flexibility index (Phi) is 5.16. The summed E-state index contributed by atoms with van der Waals surface area (Å²) in [5.41, 5.74) is 6.82. The maximum Gasteiger partial charge on any atom is 0.244 e. The van der Waals surface area contributed by atoms with E-state index in [2.05, 4.69) is 0 Å². The second-order valence-corrected chi connectivity index (χ2v) is 6.40. The van der Waals surface area contributed by atoms with E-state index >= 15 is 0 Å². The maximum absolute atomic E-state index is 12.2. The van der Waals surface area contributed by atoms with Gasteiger partial charge < -0.3 is 15.7 Å². The summed E-state index contributed by atoms with van der Waals surface area (Å²) in [6.45, 7) is 2.95. The first-order valence-electron chi connectivity index (χ1n) is 6.03. The van der Waals surface area contributed by atoms with E-state index in [-0.39, 0.29) is 17.2 Å². The number of likely N-dealkylation sites (N-methyl/N-ethyl adjacent to an activating group) is 1. The Morgan fingerprint density at radius 1 is 1.32 bits per heavy atom. The number of benzene rings is 1. The Morgan fingerprint density at radius 2 is 1.95 bits per heavy atom. The van der Waals surface area contributed by atoms with Crippen LogP contribution in [0.4, 0.5) is 11.4 Å². The van der Waals surface area contributed by atoms with Crippen molar-refractivity contribution in [1.82, 2.24) is 4.31 Å². The van der Waals surface area contributed by atoms with Crippen LogP contribution in [0.3, 0.4) is 0 Å². The number of nitrogen functional groups attached to an aromatic ring is 1. The van der Waals surface area contributed by atoms with Crippen LogP contribution in [0.2, 0.25) is 0 Å². The molecule has 0 unspecified atom stereocenters. The largest absolute Gasteiger partial charge is 0.396 e.